The monoisotopic (exact) mass is 282 g/mol. The molecule has 0 saturated heterocycles. The van der Waals surface area contributed by atoms with Gasteiger partial charge in [0.1, 0.15) is 5.01 Å². The lowest BCUT2D eigenvalue weighted by atomic mass is 10.3. The number of hydrogen-bond acceptors (Lipinski definition) is 6. The highest BCUT2D eigenvalue weighted by Gasteiger charge is 2.09. The Bertz CT molecular complexity index is 492. The van der Waals surface area contributed by atoms with Gasteiger partial charge < -0.3 is 11.1 Å². The second-order valence-electron chi connectivity index (χ2n) is 4.18. The van der Waals surface area contributed by atoms with Gasteiger partial charge in [0.2, 0.25) is 0 Å². The van der Waals surface area contributed by atoms with Crippen LogP contribution in [0.25, 0.3) is 0 Å². The summed E-state index contributed by atoms with van der Waals surface area (Å²) in [7, 11) is 0. The number of rotatable bonds is 6. The van der Waals surface area contributed by atoms with Crippen molar-refractivity contribution in [1.82, 2.24) is 15.3 Å². The topological polar surface area (TPSA) is 63.8 Å². The Morgan fingerprint density at radius 3 is 3.00 bits per heavy atom. The molecule has 0 spiro atoms. The van der Waals surface area contributed by atoms with Crippen LogP contribution in [-0.2, 0) is 13.0 Å². The van der Waals surface area contributed by atoms with Gasteiger partial charge in [0.05, 0.1) is 16.7 Å². The fourth-order valence-corrected chi connectivity index (χ4v) is 3.20. The summed E-state index contributed by atoms with van der Waals surface area (Å²) in [5, 5.41) is 7.79. The number of aryl methyl sites for hydroxylation is 1. The summed E-state index contributed by atoms with van der Waals surface area (Å²) in [4.78, 5) is 10.2. The van der Waals surface area contributed by atoms with Crippen LogP contribution in [0.15, 0.2) is 11.6 Å². The van der Waals surface area contributed by atoms with E-state index in [4.69, 9.17) is 5.73 Å². The van der Waals surface area contributed by atoms with Gasteiger partial charge in [-0.15, -0.1) is 22.7 Å². The molecule has 0 aromatic carbocycles. The summed E-state index contributed by atoms with van der Waals surface area (Å²) in [5.41, 5.74) is 6.60. The third-order valence-electron chi connectivity index (χ3n) is 2.56. The summed E-state index contributed by atoms with van der Waals surface area (Å²) in [6.45, 7) is 5.65. The van der Waals surface area contributed by atoms with Crippen LogP contribution < -0.4 is 11.1 Å². The van der Waals surface area contributed by atoms with Gasteiger partial charge in [-0.05, 0) is 20.4 Å². The van der Waals surface area contributed by atoms with Gasteiger partial charge >= 0.3 is 0 Å². The molecule has 0 aliphatic heterocycles. The Hall–Kier alpha value is -0.820. The lowest BCUT2D eigenvalue weighted by Crippen LogP contribution is -2.18. The number of thiazole rings is 2. The van der Waals surface area contributed by atoms with Gasteiger partial charge in [-0.1, -0.05) is 0 Å². The molecule has 1 unspecified atom stereocenters. The van der Waals surface area contributed by atoms with Crippen molar-refractivity contribution in [3.63, 3.8) is 0 Å². The number of nitrogens with one attached hydrogen (secondary N) is 1. The van der Waals surface area contributed by atoms with Crippen LogP contribution >= 0.6 is 22.7 Å². The summed E-state index contributed by atoms with van der Waals surface area (Å²) < 4.78 is 0. The first-order valence-corrected chi connectivity index (χ1v) is 7.67. The molecule has 2 rings (SSSR count). The van der Waals surface area contributed by atoms with Gasteiger partial charge in [-0.2, -0.15) is 0 Å². The molecule has 0 aliphatic rings. The van der Waals surface area contributed by atoms with Crippen LogP contribution in [-0.4, -0.2) is 16.5 Å². The molecule has 98 valence electrons. The van der Waals surface area contributed by atoms with E-state index >= 15 is 0 Å². The fraction of sp³-hybridized carbons (Fsp3) is 0.500. The van der Waals surface area contributed by atoms with Crippen molar-refractivity contribution in [1.29, 1.82) is 0 Å². The van der Waals surface area contributed by atoms with Crippen LogP contribution in [0.3, 0.4) is 0 Å². The molecule has 2 aromatic rings. The minimum atomic E-state index is 0.267. The first kappa shape index (κ1) is 13.6. The third-order valence-corrected chi connectivity index (χ3v) is 4.61. The van der Waals surface area contributed by atoms with Gasteiger partial charge in [0.25, 0.3) is 0 Å². The zero-order valence-electron chi connectivity index (χ0n) is 10.6. The fourth-order valence-electron chi connectivity index (χ4n) is 1.59. The first-order valence-electron chi connectivity index (χ1n) is 5.98. The van der Waals surface area contributed by atoms with E-state index in [0.29, 0.717) is 6.54 Å². The molecule has 2 heterocycles. The summed E-state index contributed by atoms with van der Waals surface area (Å²) >= 11 is 3.42. The van der Waals surface area contributed by atoms with Crippen LogP contribution in [0.5, 0.6) is 0 Å². The summed E-state index contributed by atoms with van der Waals surface area (Å²) in [5.74, 6) is 0. The van der Waals surface area contributed by atoms with Crippen molar-refractivity contribution in [2.75, 3.05) is 6.54 Å². The molecule has 0 fully saturated rings. The quantitative estimate of drug-likeness (QED) is 0.853. The first-order chi connectivity index (χ1) is 8.69. The Labute approximate surface area is 115 Å². The number of aromatic nitrogens is 2. The highest BCUT2D eigenvalue weighted by molar-refractivity contribution is 7.11. The number of hydrogen-bond donors (Lipinski definition) is 2. The normalized spacial score (nSPS) is 12.8. The minimum Gasteiger partial charge on any atom is -0.330 e. The van der Waals surface area contributed by atoms with Crippen molar-refractivity contribution in [2.24, 2.45) is 5.73 Å². The molecule has 0 saturated carbocycles. The highest BCUT2D eigenvalue weighted by atomic mass is 32.1. The van der Waals surface area contributed by atoms with E-state index in [2.05, 4.69) is 34.5 Å². The smallest absolute Gasteiger partial charge is 0.109 e. The average molecular weight is 282 g/mol. The van der Waals surface area contributed by atoms with E-state index in [-0.39, 0.29) is 6.04 Å². The third kappa shape index (κ3) is 3.58. The van der Waals surface area contributed by atoms with E-state index < -0.39 is 0 Å². The molecule has 4 nitrogen and oxygen atoms in total. The van der Waals surface area contributed by atoms with E-state index in [1.54, 1.807) is 22.7 Å². The minimum absolute atomic E-state index is 0.267. The maximum atomic E-state index is 5.51. The second kappa shape index (κ2) is 6.38. The maximum Gasteiger partial charge on any atom is 0.109 e. The largest absolute Gasteiger partial charge is 0.330 e. The van der Waals surface area contributed by atoms with Crippen molar-refractivity contribution in [3.8, 4) is 0 Å². The van der Waals surface area contributed by atoms with Crippen molar-refractivity contribution >= 4 is 22.7 Å². The Morgan fingerprint density at radius 2 is 2.33 bits per heavy atom. The van der Waals surface area contributed by atoms with Crippen LogP contribution in [0, 0.1) is 6.92 Å². The number of nitrogens with zero attached hydrogens (tertiary/aromatic N) is 2. The maximum absolute atomic E-state index is 5.51. The van der Waals surface area contributed by atoms with Crippen molar-refractivity contribution in [2.45, 2.75) is 32.9 Å². The van der Waals surface area contributed by atoms with Gasteiger partial charge in [0, 0.05) is 29.4 Å². The molecule has 0 radical (unpaired) electrons. The Morgan fingerprint density at radius 1 is 1.50 bits per heavy atom. The number of nitrogens with two attached hydrogens (primary N) is 1. The van der Waals surface area contributed by atoms with E-state index in [9.17, 15) is 0 Å². The van der Waals surface area contributed by atoms with Crippen LogP contribution in [0.1, 0.15) is 33.6 Å². The Balaban J connectivity index is 1.86. The average Bonchev–Trinajstić information content (AvgIpc) is 2.96. The summed E-state index contributed by atoms with van der Waals surface area (Å²) in [6, 6.07) is 0.267. The molecule has 0 bridgehead atoms. The highest BCUT2D eigenvalue weighted by Crippen LogP contribution is 2.19. The zero-order valence-corrected chi connectivity index (χ0v) is 12.3. The second-order valence-corrected chi connectivity index (χ2v) is 6.39. The SMILES string of the molecule is Cc1cnc(C(C)NCc2csc(CCN)n2)s1. The lowest BCUT2D eigenvalue weighted by molar-refractivity contribution is 0.566. The molecular weight excluding hydrogens is 264 g/mol. The predicted molar refractivity (Wildman–Crippen MR) is 77.0 cm³/mol. The molecule has 2 aromatic heterocycles. The van der Waals surface area contributed by atoms with Gasteiger partial charge in [-0.3, -0.25) is 0 Å². The molecule has 3 N–H and O–H groups in total. The molecule has 1 atom stereocenters. The molecular formula is C12H18N4S2. The van der Waals surface area contributed by atoms with Crippen LogP contribution in [0.4, 0.5) is 0 Å². The van der Waals surface area contributed by atoms with Gasteiger partial charge in [-0.25, -0.2) is 9.97 Å². The predicted octanol–water partition coefficient (Wildman–Crippen LogP) is 2.26. The lowest BCUT2D eigenvalue weighted by Gasteiger charge is -2.09. The van der Waals surface area contributed by atoms with E-state index in [1.165, 1.54) is 4.88 Å². The van der Waals surface area contributed by atoms with E-state index in [1.807, 2.05) is 6.20 Å². The standard InChI is InChI=1S/C12H18N4S2/c1-8-5-15-12(18-8)9(2)14-6-10-7-17-11(16-10)3-4-13/h5,7,9,14H,3-4,6,13H2,1-2H3. The van der Waals surface area contributed by atoms with E-state index in [0.717, 1.165) is 28.7 Å². The van der Waals surface area contributed by atoms with Gasteiger partial charge in [0.15, 0.2) is 0 Å². The molecule has 6 heteroatoms. The van der Waals surface area contributed by atoms with Crippen molar-refractivity contribution in [3.05, 3.63) is 32.2 Å². The van der Waals surface area contributed by atoms with Crippen LogP contribution in [0.2, 0.25) is 0 Å². The Kier molecular flexibility index (Phi) is 4.82. The molecule has 0 aliphatic carbocycles. The van der Waals surface area contributed by atoms with Crippen molar-refractivity contribution < 1.29 is 0 Å². The molecule has 18 heavy (non-hydrogen) atoms. The zero-order chi connectivity index (χ0) is 13.0. The summed E-state index contributed by atoms with van der Waals surface area (Å²) in [6.07, 6.45) is 2.78. The molecule has 0 amide bonds.